The summed E-state index contributed by atoms with van der Waals surface area (Å²) >= 11 is 0. The lowest BCUT2D eigenvalue weighted by Gasteiger charge is -2.23. The first-order valence-electron chi connectivity index (χ1n) is 8.25. The Labute approximate surface area is 143 Å². The van der Waals surface area contributed by atoms with Crippen LogP contribution in [0.5, 0.6) is 0 Å². The van der Waals surface area contributed by atoms with E-state index in [1.165, 1.54) is 5.56 Å². The van der Waals surface area contributed by atoms with Crippen LogP contribution in [0.4, 0.5) is 17.5 Å². The van der Waals surface area contributed by atoms with Crippen LogP contribution in [0.1, 0.15) is 25.5 Å². The van der Waals surface area contributed by atoms with Gasteiger partial charge in [-0.05, 0) is 37.6 Å². The van der Waals surface area contributed by atoms with E-state index in [1.54, 1.807) is 6.20 Å². The fourth-order valence-electron chi connectivity index (χ4n) is 2.67. The van der Waals surface area contributed by atoms with Crippen molar-refractivity contribution in [3.63, 3.8) is 0 Å². The van der Waals surface area contributed by atoms with E-state index < -0.39 is 0 Å². The highest BCUT2D eigenvalue weighted by atomic mass is 15.2. The van der Waals surface area contributed by atoms with Gasteiger partial charge in [0.05, 0.1) is 6.04 Å². The molecule has 0 radical (unpaired) electrons. The maximum absolute atomic E-state index is 4.69. The average molecular weight is 318 g/mol. The Morgan fingerprint density at radius 1 is 0.958 bits per heavy atom. The van der Waals surface area contributed by atoms with E-state index in [2.05, 4.69) is 58.3 Å². The van der Waals surface area contributed by atoms with Crippen molar-refractivity contribution in [2.45, 2.75) is 19.9 Å². The molecule has 1 aromatic heterocycles. The molecule has 0 bridgehead atoms. The van der Waals surface area contributed by atoms with Crippen LogP contribution in [0.15, 0.2) is 72.9 Å². The number of rotatable bonds is 6. The van der Waals surface area contributed by atoms with E-state index in [9.17, 15) is 0 Å². The quantitative estimate of drug-likeness (QED) is 0.708. The fraction of sp³-hybridized carbons (Fsp3) is 0.200. The van der Waals surface area contributed by atoms with Crippen LogP contribution >= 0.6 is 0 Å². The number of nitrogens with zero attached hydrogens (tertiary/aromatic N) is 3. The summed E-state index contributed by atoms with van der Waals surface area (Å²) in [5.74, 6) is 1.53. The molecular weight excluding hydrogens is 296 g/mol. The van der Waals surface area contributed by atoms with Gasteiger partial charge in [0.15, 0.2) is 0 Å². The van der Waals surface area contributed by atoms with Crippen molar-refractivity contribution in [2.24, 2.45) is 0 Å². The van der Waals surface area contributed by atoms with Crippen molar-refractivity contribution < 1.29 is 0 Å². The lowest BCUT2D eigenvalue weighted by molar-refractivity contribution is 0.856. The normalized spacial score (nSPS) is 11.8. The summed E-state index contributed by atoms with van der Waals surface area (Å²) in [6.45, 7) is 5.07. The molecule has 1 unspecified atom stereocenters. The molecule has 0 saturated heterocycles. The maximum Gasteiger partial charge on any atom is 0.225 e. The van der Waals surface area contributed by atoms with E-state index in [1.807, 2.05) is 42.5 Å². The number of hydrogen-bond donors (Lipinski definition) is 1. The number of benzene rings is 2. The van der Waals surface area contributed by atoms with E-state index in [0.717, 1.165) is 18.1 Å². The van der Waals surface area contributed by atoms with Crippen LogP contribution in [0, 0.1) is 0 Å². The van der Waals surface area contributed by atoms with Crippen LogP contribution in [-0.2, 0) is 0 Å². The molecule has 4 heteroatoms. The molecule has 1 heterocycles. The molecular formula is C20H22N4. The summed E-state index contributed by atoms with van der Waals surface area (Å²) < 4.78 is 0. The Balaban J connectivity index is 1.81. The second-order valence-electron chi connectivity index (χ2n) is 5.59. The second kappa shape index (κ2) is 7.59. The molecule has 0 saturated carbocycles. The Bertz CT molecular complexity index is 759. The Kier molecular flexibility index (Phi) is 5.06. The molecule has 1 N–H and O–H groups in total. The van der Waals surface area contributed by atoms with E-state index in [4.69, 9.17) is 0 Å². The van der Waals surface area contributed by atoms with Gasteiger partial charge in [-0.15, -0.1) is 0 Å². The van der Waals surface area contributed by atoms with Gasteiger partial charge < -0.3 is 10.2 Å². The van der Waals surface area contributed by atoms with E-state index >= 15 is 0 Å². The van der Waals surface area contributed by atoms with Gasteiger partial charge in [-0.2, -0.15) is 4.98 Å². The molecule has 0 aliphatic heterocycles. The van der Waals surface area contributed by atoms with Crippen molar-refractivity contribution in [1.82, 2.24) is 9.97 Å². The summed E-state index contributed by atoms with van der Waals surface area (Å²) in [6.07, 6.45) is 1.80. The Morgan fingerprint density at radius 3 is 2.29 bits per heavy atom. The number of para-hydroxylation sites is 1. The first kappa shape index (κ1) is 16.0. The molecule has 1 atom stereocenters. The number of hydrogen-bond acceptors (Lipinski definition) is 4. The van der Waals surface area contributed by atoms with Crippen LogP contribution in [0.3, 0.4) is 0 Å². The summed E-state index contributed by atoms with van der Waals surface area (Å²) in [7, 11) is 0. The first-order chi connectivity index (χ1) is 11.8. The summed E-state index contributed by atoms with van der Waals surface area (Å²) in [6, 6.07) is 22.7. The van der Waals surface area contributed by atoms with Crippen LogP contribution in [-0.4, -0.2) is 16.5 Å². The molecule has 24 heavy (non-hydrogen) atoms. The van der Waals surface area contributed by atoms with Gasteiger partial charge in [0.25, 0.3) is 0 Å². The smallest absolute Gasteiger partial charge is 0.225 e. The van der Waals surface area contributed by atoms with Crippen molar-refractivity contribution in [3.8, 4) is 0 Å². The van der Waals surface area contributed by atoms with Gasteiger partial charge in [0.1, 0.15) is 5.82 Å². The van der Waals surface area contributed by atoms with Gasteiger partial charge in [0.2, 0.25) is 5.95 Å². The second-order valence-corrected chi connectivity index (χ2v) is 5.59. The lowest BCUT2D eigenvalue weighted by atomic mass is 10.1. The van der Waals surface area contributed by atoms with Crippen LogP contribution in [0.25, 0.3) is 0 Å². The van der Waals surface area contributed by atoms with Gasteiger partial charge in [-0.25, -0.2) is 4.98 Å². The number of nitrogens with one attached hydrogen (secondary N) is 1. The van der Waals surface area contributed by atoms with Crippen molar-refractivity contribution in [3.05, 3.63) is 78.5 Å². The molecule has 0 aliphatic carbocycles. The molecule has 0 aliphatic rings. The van der Waals surface area contributed by atoms with E-state index in [0.29, 0.717) is 5.95 Å². The first-order valence-corrected chi connectivity index (χ1v) is 8.25. The minimum Gasteiger partial charge on any atom is -0.348 e. The highest BCUT2D eigenvalue weighted by Crippen LogP contribution is 2.24. The number of aromatic nitrogens is 2. The van der Waals surface area contributed by atoms with E-state index in [-0.39, 0.29) is 6.04 Å². The third-order valence-corrected chi connectivity index (χ3v) is 3.95. The summed E-state index contributed by atoms with van der Waals surface area (Å²) in [5, 5.41) is 3.38. The zero-order valence-corrected chi connectivity index (χ0v) is 14.1. The molecule has 2 aromatic carbocycles. The minimum absolute atomic E-state index is 0.147. The highest BCUT2D eigenvalue weighted by Gasteiger charge is 2.11. The molecule has 3 aromatic rings. The van der Waals surface area contributed by atoms with Gasteiger partial charge in [-0.1, -0.05) is 48.5 Å². The van der Waals surface area contributed by atoms with Gasteiger partial charge >= 0.3 is 0 Å². The summed E-state index contributed by atoms with van der Waals surface area (Å²) in [4.78, 5) is 11.2. The molecule has 4 nitrogen and oxygen atoms in total. The lowest BCUT2D eigenvalue weighted by Crippen LogP contribution is -2.18. The standard InChI is InChI=1S/C20H22N4/c1-3-24(18-12-8-5-9-13-18)19-14-15-21-20(23-19)22-16(2)17-10-6-4-7-11-17/h4-16H,3H2,1-2H3,(H,21,22,23). The SMILES string of the molecule is CCN(c1ccccc1)c1ccnc(NC(C)c2ccccc2)n1. The molecule has 3 rings (SSSR count). The zero-order valence-electron chi connectivity index (χ0n) is 14.1. The third kappa shape index (κ3) is 3.71. The molecule has 0 spiro atoms. The predicted octanol–water partition coefficient (Wildman–Crippen LogP) is 4.81. The van der Waals surface area contributed by atoms with Crippen molar-refractivity contribution in [2.75, 3.05) is 16.8 Å². The highest BCUT2D eigenvalue weighted by molar-refractivity contribution is 5.60. The largest absolute Gasteiger partial charge is 0.348 e. The molecule has 0 amide bonds. The average Bonchev–Trinajstić information content (AvgIpc) is 2.64. The monoisotopic (exact) mass is 318 g/mol. The van der Waals surface area contributed by atoms with Gasteiger partial charge in [-0.3, -0.25) is 0 Å². The summed E-state index contributed by atoms with van der Waals surface area (Å²) in [5.41, 5.74) is 2.34. The maximum atomic E-state index is 4.69. The van der Waals surface area contributed by atoms with Crippen LogP contribution in [0.2, 0.25) is 0 Å². The fourth-order valence-corrected chi connectivity index (χ4v) is 2.67. The Morgan fingerprint density at radius 2 is 1.62 bits per heavy atom. The molecule has 122 valence electrons. The number of anilines is 3. The third-order valence-electron chi connectivity index (χ3n) is 3.95. The topological polar surface area (TPSA) is 41.1 Å². The van der Waals surface area contributed by atoms with Crippen molar-refractivity contribution >= 4 is 17.5 Å². The van der Waals surface area contributed by atoms with Crippen molar-refractivity contribution in [1.29, 1.82) is 0 Å². The van der Waals surface area contributed by atoms with Gasteiger partial charge in [0, 0.05) is 18.4 Å². The molecule has 0 fully saturated rings. The minimum atomic E-state index is 0.147. The Hall–Kier alpha value is -2.88. The predicted molar refractivity (Wildman–Crippen MR) is 99.6 cm³/mol. The zero-order chi connectivity index (χ0) is 16.8. The van der Waals surface area contributed by atoms with Crippen LogP contribution < -0.4 is 10.2 Å².